The number of hydrogen-bond acceptors (Lipinski definition) is 4. The van der Waals surface area contributed by atoms with E-state index in [-0.39, 0.29) is 11.9 Å². The topological polar surface area (TPSA) is 59.8 Å². The van der Waals surface area contributed by atoms with Gasteiger partial charge >= 0.3 is 0 Å². The number of hydrogen-bond donors (Lipinski definition) is 1. The number of pyridine rings is 1. The summed E-state index contributed by atoms with van der Waals surface area (Å²) in [6, 6.07) is 7.53. The lowest BCUT2D eigenvalue weighted by atomic mass is 10.1. The zero-order valence-electron chi connectivity index (χ0n) is 13.3. The van der Waals surface area contributed by atoms with E-state index in [1.54, 1.807) is 17.1 Å². The minimum Gasteiger partial charge on any atom is -0.345 e. The fourth-order valence-electron chi connectivity index (χ4n) is 2.50. The number of nitrogens with one attached hydrogen (secondary N) is 1. The number of amides is 1. The van der Waals surface area contributed by atoms with Gasteiger partial charge in [-0.15, -0.1) is 11.3 Å². The summed E-state index contributed by atoms with van der Waals surface area (Å²) in [5.41, 5.74) is 2.96. The number of aromatic nitrogens is 3. The van der Waals surface area contributed by atoms with Crippen molar-refractivity contribution in [1.82, 2.24) is 20.1 Å². The highest BCUT2D eigenvalue weighted by Gasteiger charge is 2.18. The Morgan fingerprint density at radius 1 is 1.30 bits per heavy atom. The summed E-state index contributed by atoms with van der Waals surface area (Å²) >= 11 is 1.46. The first-order chi connectivity index (χ1) is 11.1. The monoisotopic (exact) mass is 326 g/mol. The van der Waals surface area contributed by atoms with Gasteiger partial charge in [0.1, 0.15) is 0 Å². The first kappa shape index (κ1) is 15.4. The van der Waals surface area contributed by atoms with Crippen molar-refractivity contribution < 1.29 is 4.79 Å². The fraction of sp³-hybridized carbons (Fsp3) is 0.235. The Kier molecular flexibility index (Phi) is 4.25. The molecule has 5 nitrogen and oxygen atoms in total. The highest BCUT2D eigenvalue weighted by atomic mass is 32.1. The molecule has 0 aliphatic rings. The van der Waals surface area contributed by atoms with Gasteiger partial charge in [0.25, 0.3) is 5.91 Å². The van der Waals surface area contributed by atoms with E-state index in [4.69, 9.17) is 0 Å². The Bertz CT molecular complexity index is 822. The quantitative estimate of drug-likeness (QED) is 0.799. The van der Waals surface area contributed by atoms with Crippen molar-refractivity contribution in [2.45, 2.75) is 26.8 Å². The number of rotatable bonds is 4. The molecule has 0 aromatic carbocycles. The SMILES string of the molecule is Cc1ccsc1C(=O)N[C@@H](C)c1cnn(-c2ccccn2)c1C. The predicted molar refractivity (Wildman–Crippen MR) is 91.0 cm³/mol. The summed E-state index contributed by atoms with van der Waals surface area (Å²) in [6.45, 7) is 5.89. The molecule has 3 heterocycles. The van der Waals surface area contributed by atoms with Crippen molar-refractivity contribution in [3.8, 4) is 5.82 Å². The molecule has 0 aliphatic heterocycles. The molecule has 1 amide bonds. The van der Waals surface area contributed by atoms with Crippen LogP contribution in [0.15, 0.2) is 42.0 Å². The largest absolute Gasteiger partial charge is 0.345 e. The molecule has 0 saturated heterocycles. The van der Waals surface area contributed by atoms with Crippen LogP contribution in [0.25, 0.3) is 5.82 Å². The molecule has 1 N–H and O–H groups in total. The Morgan fingerprint density at radius 3 is 2.78 bits per heavy atom. The second-order valence-corrected chi connectivity index (χ2v) is 6.33. The Morgan fingerprint density at radius 2 is 2.13 bits per heavy atom. The van der Waals surface area contributed by atoms with Crippen LogP contribution in [0.2, 0.25) is 0 Å². The number of carbonyl (C=O) groups excluding carboxylic acids is 1. The zero-order valence-corrected chi connectivity index (χ0v) is 14.1. The van der Waals surface area contributed by atoms with E-state index in [0.717, 1.165) is 27.5 Å². The second-order valence-electron chi connectivity index (χ2n) is 5.41. The van der Waals surface area contributed by atoms with Gasteiger partial charge in [-0.1, -0.05) is 6.07 Å². The Balaban J connectivity index is 1.81. The van der Waals surface area contributed by atoms with E-state index in [2.05, 4.69) is 15.4 Å². The van der Waals surface area contributed by atoms with Crippen LogP contribution < -0.4 is 5.32 Å². The highest BCUT2D eigenvalue weighted by molar-refractivity contribution is 7.12. The molecule has 23 heavy (non-hydrogen) atoms. The van der Waals surface area contributed by atoms with Crippen molar-refractivity contribution in [3.05, 3.63) is 63.7 Å². The van der Waals surface area contributed by atoms with Gasteiger partial charge in [0.05, 0.1) is 17.1 Å². The summed E-state index contributed by atoms with van der Waals surface area (Å²) in [6.07, 6.45) is 3.52. The fourth-order valence-corrected chi connectivity index (χ4v) is 3.33. The standard InChI is InChI=1S/C17H18N4OS/c1-11-7-9-23-16(11)17(22)20-12(2)14-10-19-21(13(14)3)15-6-4-5-8-18-15/h4-10,12H,1-3H3,(H,20,22)/t12-/m0/s1. The third-order valence-corrected chi connectivity index (χ3v) is 4.81. The van der Waals surface area contributed by atoms with Crippen molar-refractivity contribution in [2.24, 2.45) is 0 Å². The number of nitrogens with zero attached hydrogens (tertiary/aromatic N) is 3. The smallest absolute Gasteiger partial charge is 0.262 e. The van der Waals surface area contributed by atoms with Gasteiger partial charge in [-0.05, 0) is 49.9 Å². The maximum Gasteiger partial charge on any atom is 0.262 e. The van der Waals surface area contributed by atoms with Gasteiger partial charge in [-0.25, -0.2) is 9.67 Å². The summed E-state index contributed by atoms with van der Waals surface area (Å²) < 4.78 is 1.79. The first-order valence-corrected chi connectivity index (χ1v) is 8.26. The third kappa shape index (κ3) is 3.03. The van der Waals surface area contributed by atoms with Crippen LogP contribution in [-0.4, -0.2) is 20.7 Å². The summed E-state index contributed by atoms with van der Waals surface area (Å²) in [4.78, 5) is 17.4. The minimum absolute atomic E-state index is 0.0463. The van der Waals surface area contributed by atoms with E-state index in [0.29, 0.717) is 0 Å². The van der Waals surface area contributed by atoms with Gasteiger partial charge in [-0.2, -0.15) is 5.10 Å². The Labute approximate surface area is 139 Å². The average Bonchev–Trinajstić information content (AvgIpc) is 3.14. The molecule has 0 fully saturated rings. The lowest BCUT2D eigenvalue weighted by Gasteiger charge is -2.14. The van der Waals surface area contributed by atoms with Crippen molar-refractivity contribution >= 4 is 17.2 Å². The molecule has 0 radical (unpaired) electrons. The Hall–Kier alpha value is -2.47. The van der Waals surface area contributed by atoms with Crippen LogP contribution in [0.3, 0.4) is 0 Å². The number of thiophene rings is 1. The third-order valence-electron chi connectivity index (χ3n) is 3.80. The van der Waals surface area contributed by atoms with Gasteiger partial charge in [0.2, 0.25) is 0 Å². The van der Waals surface area contributed by atoms with Crippen LogP contribution in [-0.2, 0) is 0 Å². The summed E-state index contributed by atoms with van der Waals surface area (Å²) in [5.74, 6) is 0.721. The van der Waals surface area contributed by atoms with Gasteiger partial charge in [0.15, 0.2) is 5.82 Å². The zero-order chi connectivity index (χ0) is 16.4. The highest BCUT2D eigenvalue weighted by Crippen LogP contribution is 2.21. The van der Waals surface area contributed by atoms with Crippen LogP contribution in [0.5, 0.6) is 0 Å². The normalized spacial score (nSPS) is 12.1. The number of carbonyl (C=O) groups is 1. The molecule has 118 valence electrons. The minimum atomic E-state index is -0.124. The maximum absolute atomic E-state index is 12.4. The van der Waals surface area contributed by atoms with Crippen LogP contribution >= 0.6 is 11.3 Å². The summed E-state index contributed by atoms with van der Waals surface area (Å²) in [5, 5.41) is 9.37. The van der Waals surface area contributed by atoms with Gasteiger partial charge in [-0.3, -0.25) is 4.79 Å². The van der Waals surface area contributed by atoms with E-state index >= 15 is 0 Å². The molecule has 3 aromatic rings. The van der Waals surface area contributed by atoms with E-state index < -0.39 is 0 Å². The molecule has 0 saturated carbocycles. The van der Waals surface area contributed by atoms with Crippen molar-refractivity contribution in [1.29, 1.82) is 0 Å². The van der Waals surface area contributed by atoms with Gasteiger partial charge in [0, 0.05) is 17.5 Å². The number of aryl methyl sites for hydroxylation is 1. The van der Waals surface area contributed by atoms with E-state index in [1.165, 1.54) is 11.3 Å². The summed E-state index contributed by atoms with van der Waals surface area (Å²) in [7, 11) is 0. The van der Waals surface area contributed by atoms with E-state index in [9.17, 15) is 4.79 Å². The molecule has 6 heteroatoms. The first-order valence-electron chi connectivity index (χ1n) is 7.39. The van der Waals surface area contributed by atoms with Crippen molar-refractivity contribution in [3.63, 3.8) is 0 Å². The molecular formula is C17H18N4OS. The van der Waals surface area contributed by atoms with Crippen LogP contribution in [0, 0.1) is 13.8 Å². The van der Waals surface area contributed by atoms with Gasteiger partial charge < -0.3 is 5.32 Å². The van der Waals surface area contributed by atoms with Crippen LogP contribution in [0.4, 0.5) is 0 Å². The average molecular weight is 326 g/mol. The molecular weight excluding hydrogens is 308 g/mol. The molecule has 0 bridgehead atoms. The van der Waals surface area contributed by atoms with Crippen LogP contribution in [0.1, 0.15) is 39.5 Å². The predicted octanol–water partition coefficient (Wildman–Crippen LogP) is 3.44. The van der Waals surface area contributed by atoms with Crippen molar-refractivity contribution in [2.75, 3.05) is 0 Å². The molecule has 0 unspecified atom stereocenters. The van der Waals surface area contributed by atoms with E-state index in [1.807, 2.05) is 50.4 Å². The molecule has 0 spiro atoms. The lowest BCUT2D eigenvalue weighted by Crippen LogP contribution is -2.26. The lowest BCUT2D eigenvalue weighted by molar-refractivity contribution is 0.0943. The molecule has 1 atom stereocenters. The molecule has 3 aromatic heterocycles. The second kappa shape index (κ2) is 6.34. The molecule has 3 rings (SSSR count). The molecule has 0 aliphatic carbocycles. The maximum atomic E-state index is 12.4.